The number of amides is 1. The number of carbonyl (C=O) groups is 1. The van der Waals surface area contributed by atoms with Gasteiger partial charge in [0.15, 0.2) is 0 Å². The smallest absolute Gasteiger partial charge is 0.407 e. The number of fused-ring (bicyclic) bond motifs is 3. The summed E-state index contributed by atoms with van der Waals surface area (Å²) < 4.78 is 7.57. The van der Waals surface area contributed by atoms with Gasteiger partial charge in [0.25, 0.3) is 0 Å². The van der Waals surface area contributed by atoms with E-state index in [1.807, 2.05) is 51.1 Å². The average molecular weight is 519 g/mol. The lowest BCUT2D eigenvalue weighted by Crippen LogP contribution is -2.33. The molecule has 0 atom stereocenters. The molecule has 8 heteroatoms. The number of ether oxygens (including phenoxy) is 1. The van der Waals surface area contributed by atoms with Gasteiger partial charge in [0.05, 0.1) is 15.6 Å². The van der Waals surface area contributed by atoms with Crippen LogP contribution in [0.15, 0.2) is 54.6 Å². The van der Waals surface area contributed by atoms with Crippen LogP contribution in [0.5, 0.6) is 0 Å². The molecular weight excluding hydrogens is 493 g/mol. The summed E-state index contributed by atoms with van der Waals surface area (Å²) in [5.74, 6) is 0. The topological polar surface area (TPSA) is 55.3 Å². The number of aryl methyl sites for hydroxylation is 1. The first-order valence-corrected chi connectivity index (χ1v) is 12.1. The minimum Gasteiger partial charge on any atom is -0.444 e. The van der Waals surface area contributed by atoms with Crippen molar-refractivity contribution in [3.63, 3.8) is 0 Å². The zero-order chi connectivity index (χ0) is 24.5. The molecule has 2 N–H and O–H groups in total. The summed E-state index contributed by atoms with van der Waals surface area (Å²) >= 11 is 18.5. The number of rotatable bonds is 6. The van der Waals surface area contributed by atoms with Crippen molar-refractivity contribution >= 4 is 74.1 Å². The molecule has 0 saturated carbocycles. The molecule has 0 saturated heterocycles. The Morgan fingerprint density at radius 1 is 0.882 bits per heavy atom. The molecule has 0 unspecified atom stereocenters. The zero-order valence-electron chi connectivity index (χ0n) is 19.2. The summed E-state index contributed by atoms with van der Waals surface area (Å²) in [5.41, 5.74) is 3.41. The maximum Gasteiger partial charge on any atom is 0.407 e. The van der Waals surface area contributed by atoms with Crippen molar-refractivity contribution in [3.8, 4) is 0 Å². The largest absolute Gasteiger partial charge is 0.444 e. The molecule has 3 aromatic carbocycles. The van der Waals surface area contributed by atoms with Crippen LogP contribution in [-0.4, -0.2) is 22.8 Å². The van der Waals surface area contributed by atoms with E-state index in [1.54, 1.807) is 12.1 Å². The molecule has 5 nitrogen and oxygen atoms in total. The number of anilines is 2. The summed E-state index contributed by atoms with van der Waals surface area (Å²) in [7, 11) is 0. The lowest BCUT2D eigenvalue weighted by Gasteiger charge is -2.19. The Hall–Kier alpha value is -2.60. The normalized spacial score (nSPS) is 11.7. The first-order chi connectivity index (χ1) is 16.1. The van der Waals surface area contributed by atoms with E-state index in [0.29, 0.717) is 28.2 Å². The number of nitrogens with one attached hydrogen (secondary N) is 2. The summed E-state index contributed by atoms with van der Waals surface area (Å²) in [4.78, 5) is 12.0. The van der Waals surface area contributed by atoms with Gasteiger partial charge in [0.2, 0.25) is 0 Å². The summed E-state index contributed by atoms with van der Waals surface area (Å²) in [6, 6.07) is 17.6. The first-order valence-electron chi connectivity index (χ1n) is 11.0. The van der Waals surface area contributed by atoms with Crippen LogP contribution in [0.3, 0.4) is 0 Å². The second kappa shape index (κ2) is 9.95. The number of hydrogen-bond donors (Lipinski definition) is 2. The van der Waals surface area contributed by atoms with Gasteiger partial charge in [-0.3, -0.25) is 0 Å². The van der Waals surface area contributed by atoms with Crippen LogP contribution in [0, 0.1) is 0 Å². The highest BCUT2D eigenvalue weighted by atomic mass is 35.5. The summed E-state index contributed by atoms with van der Waals surface area (Å²) in [6.07, 6.45) is 0.334. The van der Waals surface area contributed by atoms with Gasteiger partial charge in [-0.1, -0.05) is 40.9 Å². The maximum atomic E-state index is 12.0. The van der Waals surface area contributed by atoms with Crippen LogP contribution in [0.4, 0.5) is 16.2 Å². The van der Waals surface area contributed by atoms with E-state index in [2.05, 4.69) is 27.3 Å². The van der Waals surface area contributed by atoms with E-state index in [9.17, 15) is 4.79 Å². The van der Waals surface area contributed by atoms with E-state index in [-0.39, 0.29) is 0 Å². The molecule has 0 bridgehead atoms. The maximum absolute atomic E-state index is 12.0. The second-order valence-electron chi connectivity index (χ2n) is 9.08. The van der Waals surface area contributed by atoms with Gasteiger partial charge in [0, 0.05) is 45.8 Å². The second-order valence-corrected chi connectivity index (χ2v) is 10.3. The fraction of sp³-hybridized carbons (Fsp3) is 0.269. The van der Waals surface area contributed by atoms with Gasteiger partial charge in [0.1, 0.15) is 5.60 Å². The van der Waals surface area contributed by atoms with Crippen LogP contribution in [0.2, 0.25) is 15.1 Å². The molecule has 1 amide bonds. The molecule has 4 rings (SSSR count). The number of aromatic nitrogens is 1. The van der Waals surface area contributed by atoms with Gasteiger partial charge in [-0.05, 0) is 75.7 Å². The third kappa shape index (κ3) is 5.72. The average Bonchev–Trinajstić information content (AvgIpc) is 3.05. The molecule has 0 aliphatic heterocycles. The molecule has 0 aliphatic rings. The third-order valence-electron chi connectivity index (χ3n) is 5.26. The van der Waals surface area contributed by atoms with Crippen LogP contribution >= 0.6 is 34.8 Å². The highest BCUT2D eigenvalue weighted by molar-refractivity contribution is 6.42. The summed E-state index contributed by atoms with van der Waals surface area (Å²) in [5, 5.41) is 10.1. The van der Waals surface area contributed by atoms with E-state index in [4.69, 9.17) is 39.5 Å². The van der Waals surface area contributed by atoms with Gasteiger partial charge in [-0.2, -0.15) is 0 Å². The van der Waals surface area contributed by atoms with E-state index in [0.717, 1.165) is 39.6 Å². The van der Waals surface area contributed by atoms with Crippen molar-refractivity contribution in [1.29, 1.82) is 0 Å². The van der Waals surface area contributed by atoms with Crippen LogP contribution in [0.1, 0.15) is 27.2 Å². The number of alkyl carbamates (subject to hydrolysis) is 1. The van der Waals surface area contributed by atoms with Crippen molar-refractivity contribution in [2.75, 3.05) is 11.9 Å². The molecule has 178 valence electrons. The minimum absolute atomic E-state index is 0.408. The third-order valence-corrected chi connectivity index (χ3v) is 6.24. The zero-order valence-corrected chi connectivity index (χ0v) is 21.5. The Morgan fingerprint density at radius 3 is 2.35 bits per heavy atom. The quantitative estimate of drug-likeness (QED) is 0.252. The van der Waals surface area contributed by atoms with Gasteiger partial charge < -0.3 is 19.9 Å². The fourth-order valence-electron chi connectivity index (χ4n) is 3.87. The number of carbonyl (C=O) groups excluding carboxylic acids is 1. The van der Waals surface area contributed by atoms with E-state index in [1.165, 1.54) is 0 Å². The Labute approximate surface area is 213 Å². The minimum atomic E-state index is -0.520. The van der Waals surface area contributed by atoms with Gasteiger partial charge >= 0.3 is 6.09 Å². The molecule has 1 aromatic heterocycles. The molecular formula is C26H26Cl3N3O2. The molecule has 0 radical (unpaired) electrons. The highest BCUT2D eigenvalue weighted by Gasteiger charge is 2.16. The summed E-state index contributed by atoms with van der Waals surface area (Å²) in [6.45, 7) is 6.76. The fourth-order valence-corrected chi connectivity index (χ4v) is 4.34. The Bertz CT molecular complexity index is 1360. The first kappa shape index (κ1) is 24.5. The number of hydrogen-bond acceptors (Lipinski definition) is 3. The number of nitrogens with zero attached hydrogens (tertiary/aromatic N) is 1. The molecule has 1 heterocycles. The van der Waals surface area contributed by atoms with Crippen LogP contribution in [-0.2, 0) is 11.3 Å². The van der Waals surface area contributed by atoms with Crippen LogP contribution in [0.25, 0.3) is 21.8 Å². The Balaban J connectivity index is 1.60. The van der Waals surface area contributed by atoms with Crippen molar-refractivity contribution in [3.05, 3.63) is 69.7 Å². The Morgan fingerprint density at radius 2 is 1.62 bits per heavy atom. The lowest BCUT2D eigenvalue weighted by atomic mass is 10.1. The predicted molar refractivity (Wildman–Crippen MR) is 143 cm³/mol. The SMILES string of the molecule is CC(C)(C)OC(=O)NCCCn1c2ccc(Cl)cc2c2ccc(Nc3ccc(Cl)c(Cl)c3)cc21. The van der Waals surface area contributed by atoms with Crippen molar-refractivity contribution in [2.45, 2.75) is 39.3 Å². The molecule has 0 aliphatic carbocycles. The Kier molecular flexibility index (Phi) is 7.17. The molecule has 4 aromatic rings. The number of benzene rings is 3. The van der Waals surface area contributed by atoms with Gasteiger partial charge in [-0.15, -0.1) is 0 Å². The van der Waals surface area contributed by atoms with Gasteiger partial charge in [-0.25, -0.2) is 4.79 Å². The number of halogens is 3. The van der Waals surface area contributed by atoms with Crippen molar-refractivity contribution in [1.82, 2.24) is 9.88 Å². The van der Waals surface area contributed by atoms with Crippen molar-refractivity contribution < 1.29 is 9.53 Å². The molecule has 34 heavy (non-hydrogen) atoms. The monoisotopic (exact) mass is 517 g/mol. The predicted octanol–water partition coefficient (Wildman–Crippen LogP) is 8.41. The van der Waals surface area contributed by atoms with Crippen LogP contribution < -0.4 is 10.6 Å². The molecule has 0 fully saturated rings. The standard InChI is InChI=1S/C26H26Cl3N3O2/c1-26(2,3)34-25(33)30-11-4-12-32-23-10-5-16(27)13-20(23)19-8-6-18(15-24(19)32)31-17-7-9-21(28)22(29)14-17/h5-10,13-15,31H,4,11-12H2,1-3H3,(H,30,33). The highest BCUT2D eigenvalue weighted by Crippen LogP contribution is 2.34. The van der Waals surface area contributed by atoms with Crippen molar-refractivity contribution in [2.24, 2.45) is 0 Å². The van der Waals surface area contributed by atoms with E-state index < -0.39 is 11.7 Å². The molecule has 0 spiro atoms. The lowest BCUT2D eigenvalue weighted by molar-refractivity contribution is 0.0527. The van der Waals surface area contributed by atoms with E-state index >= 15 is 0 Å².